The first-order valence-electron chi connectivity index (χ1n) is 4.81. The number of carbonyl (C=O) groups excluding carboxylic acids is 1. The molecule has 1 atom stereocenters. The summed E-state index contributed by atoms with van der Waals surface area (Å²) in [6.45, 7) is 4.20. The number of nitrogens with one attached hydrogen (secondary N) is 1. The molecule has 84 valence electrons. The van der Waals surface area contributed by atoms with Crippen molar-refractivity contribution in [1.82, 2.24) is 5.32 Å². The third-order valence-electron chi connectivity index (χ3n) is 1.72. The Morgan fingerprint density at radius 1 is 1.50 bits per heavy atom. The van der Waals surface area contributed by atoms with Crippen LogP contribution in [0.2, 0.25) is 0 Å². The van der Waals surface area contributed by atoms with Gasteiger partial charge in [0.05, 0.1) is 6.61 Å². The van der Waals surface area contributed by atoms with Crippen molar-refractivity contribution in [2.45, 2.75) is 19.4 Å². The lowest BCUT2D eigenvalue weighted by atomic mass is 10.3. The number of likely N-dealkylation sites (N-methyl/N-ethyl adjacent to an activating group) is 1. The van der Waals surface area contributed by atoms with E-state index in [-0.39, 0.29) is 11.9 Å². The van der Waals surface area contributed by atoms with Gasteiger partial charge in [0.1, 0.15) is 6.04 Å². The molecule has 0 saturated carbocycles. The van der Waals surface area contributed by atoms with Gasteiger partial charge in [0.15, 0.2) is 0 Å². The molecule has 0 aliphatic carbocycles. The Bertz CT molecular complexity index is 153. The van der Waals surface area contributed by atoms with Crippen LogP contribution < -0.4 is 11.1 Å². The molecule has 0 spiro atoms. The predicted molar refractivity (Wildman–Crippen MR) is 54.0 cm³/mol. The molecule has 3 N–H and O–H groups in total. The van der Waals surface area contributed by atoms with E-state index in [2.05, 4.69) is 5.32 Å². The average Bonchev–Trinajstić information content (AvgIpc) is 2.15. The van der Waals surface area contributed by atoms with E-state index in [0.717, 1.165) is 6.42 Å². The lowest BCUT2D eigenvalue weighted by Gasteiger charge is -2.13. The molecule has 0 saturated heterocycles. The Morgan fingerprint density at radius 2 is 2.21 bits per heavy atom. The molecular weight excluding hydrogens is 184 g/mol. The molecule has 0 bridgehead atoms. The number of carbonyl (C=O) groups is 1. The lowest BCUT2D eigenvalue weighted by molar-refractivity contribution is -0.121. The van der Waals surface area contributed by atoms with Crippen molar-refractivity contribution in [3.8, 4) is 0 Å². The quantitative estimate of drug-likeness (QED) is 0.497. The second-order valence-corrected chi connectivity index (χ2v) is 2.93. The molecule has 0 radical (unpaired) electrons. The van der Waals surface area contributed by atoms with Gasteiger partial charge in [0.2, 0.25) is 5.91 Å². The van der Waals surface area contributed by atoms with Gasteiger partial charge < -0.3 is 20.5 Å². The van der Waals surface area contributed by atoms with Crippen molar-refractivity contribution >= 4 is 5.91 Å². The third kappa shape index (κ3) is 6.82. The largest absolute Gasteiger partial charge is 0.385 e. The summed E-state index contributed by atoms with van der Waals surface area (Å²) < 4.78 is 10.1. The molecule has 0 rings (SSSR count). The highest BCUT2D eigenvalue weighted by atomic mass is 16.5. The maximum absolute atomic E-state index is 10.9. The van der Waals surface area contributed by atoms with Gasteiger partial charge in [-0.3, -0.25) is 4.79 Å². The van der Waals surface area contributed by atoms with Gasteiger partial charge in [0, 0.05) is 20.3 Å². The Morgan fingerprint density at radius 3 is 2.71 bits per heavy atom. The summed E-state index contributed by atoms with van der Waals surface area (Å²) in [6.07, 6.45) is 0.827. The van der Waals surface area contributed by atoms with Crippen molar-refractivity contribution < 1.29 is 14.3 Å². The first kappa shape index (κ1) is 13.4. The van der Waals surface area contributed by atoms with Crippen LogP contribution in [0.3, 0.4) is 0 Å². The Kier molecular flexibility index (Phi) is 8.51. The minimum atomic E-state index is -0.387. The monoisotopic (exact) mass is 204 g/mol. The van der Waals surface area contributed by atoms with E-state index in [9.17, 15) is 4.79 Å². The first-order valence-corrected chi connectivity index (χ1v) is 4.81. The zero-order chi connectivity index (χ0) is 10.8. The third-order valence-corrected chi connectivity index (χ3v) is 1.72. The van der Waals surface area contributed by atoms with Crippen LogP contribution in [0.5, 0.6) is 0 Å². The molecule has 0 fully saturated rings. The Balaban J connectivity index is 3.46. The zero-order valence-corrected chi connectivity index (χ0v) is 8.91. The molecule has 0 aliphatic heterocycles. The van der Waals surface area contributed by atoms with Gasteiger partial charge in [-0.25, -0.2) is 0 Å². The van der Waals surface area contributed by atoms with E-state index >= 15 is 0 Å². The summed E-state index contributed by atoms with van der Waals surface area (Å²) in [4.78, 5) is 10.9. The maximum atomic E-state index is 10.9. The van der Waals surface area contributed by atoms with Crippen LogP contribution in [0.1, 0.15) is 13.3 Å². The van der Waals surface area contributed by atoms with Crippen LogP contribution >= 0.6 is 0 Å². The van der Waals surface area contributed by atoms with Crippen LogP contribution in [0, 0.1) is 0 Å². The fourth-order valence-electron chi connectivity index (χ4n) is 0.995. The van der Waals surface area contributed by atoms with Crippen molar-refractivity contribution in [1.29, 1.82) is 0 Å². The van der Waals surface area contributed by atoms with Crippen LogP contribution in [0.4, 0.5) is 0 Å². The molecule has 5 nitrogen and oxygen atoms in total. The molecule has 5 heteroatoms. The zero-order valence-electron chi connectivity index (χ0n) is 8.91. The minimum Gasteiger partial charge on any atom is -0.385 e. The summed E-state index contributed by atoms with van der Waals surface area (Å²) in [7, 11) is 1.64. The number of methoxy groups -OCH3 is 1. The SMILES string of the molecule is CCNC(COCCCOC)C(N)=O. The first-order chi connectivity index (χ1) is 6.72. The Labute approximate surface area is 84.9 Å². The van der Waals surface area contributed by atoms with Gasteiger partial charge in [-0.05, 0) is 13.0 Å². The molecule has 0 aromatic carbocycles. The van der Waals surface area contributed by atoms with E-state index in [0.29, 0.717) is 26.4 Å². The van der Waals surface area contributed by atoms with Gasteiger partial charge in [-0.15, -0.1) is 0 Å². The fourth-order valence-corrected chi connectivity index (χ4v) is 0.995. The maximum Gasteiger partial charge on any atom is 0.236 e. The summed E-state index contributed by atoms with van der Waals surface area (Å²) in [5.74, 6) is -0.376. The van der Waals surface area contributed by atoms with Gasteiger partial charge in [-0.2, -0.15) is 0 Å². The molecule has 0 heterocycles. The predicted octanol–water partition coefficient (Wildman–Crippen LogP) is -0.497. The second-order valence-electron chi connectivity index (χ2n) is 2.93. The van der Waals surface area contributed by atoms with Crippen molar-refractivity contribution in [2.24, 2.45) is 5.73 Å². The van der Waals surface area contributed by atoms with Crippen LogP contribution in [-0.2, 0) is 14.3 Å². The number of nitrogens with two attached hydrogens (primary N) is 1. The standard InChI is InChI=1S/C9H20N2O3/c1-3-11-8(9(10)12)7-14-6-4-5-13-2/h8,11H,3-7H2,1-2H3,(H2,10,12). The number of ether oxygens (including phenoxy) is 2. The van der Waals surface area contributed by atoms with E-state index in [4.69, 9.17) is 15.2 Å². The normalized spacial score (nSPS) is 12.7. The Hall–Kier alpha value is -0.650. The minimum absolute atomic E-state index is 0.326. The molecule has 0 aromatic heterocycles. The lowest BCUT2D eigenvalue weighted by Crippen LogP contribution is -2.44. The van der Waals surface area contributed by atoms with Gasteiger partial charge >= 0.3 is 0 Å². The fraction of sp³-hybridized carbons (Fsp3) is 0.889. The van der Waals surface area contributed by atoms with E-state index in [1.54, 1.807) is 7.11 Å². The molecule has 1 unspecified atom stereocenters. The summed E-state index contributed by atoms with van der Waals surface area (Å²) in [6, 6.07) is -0.387. The van der Waals surface area contributed by atoms with Crippen LogP contribution in [0.15, 0.2) is 0 Å². The average molecular weight is 204 g/mol. The number of amides is 1. The molecule has 1 amide bonds. The van der Waals surface area contributed by atoms with Crippen molar-refractivity contribution in [3.63, 3.8) is 0 Å². The number of hydrogen-bond acceptors (Lipinski definition) is 4. The van der Waals surface area contributed by atoms with Crippen LogP contribution in [0.25, 0.3) is 0 Å². The molecule has 14 heavy (non-hydrogen) atoms. The molecular formula is C9H20N2O3. The van der Waals surface area contributed by atoms with Gasteiger partial charge in [0.25, 0.3) is 0 Å². The molecule has 0 aromatic rings. The van der Waals surface area contributed by atoms with E-state index in [1.165, 1.54) is 0 Å². The summed E-state index contributed by atoms with van der Waals surface area (Å²) >= 11 is 0. The van der Waals surface area contributed by atoms with Crippen LogP contribution in [-0.4, -0.2) is 45.4 Å². The van der Waals surface area contributed by atoms with E-state index in [1.807, 2.05) is 6.92 Å². The second kappa shape index (κ2) is 8.93. The van der Waals surface area contributed by atoms with Crippen molar-refractivity contribution in [3.05, 3.63) is 0 Å². The highest BCUT2D eigenvalue weighted by Gasteiger charge is 2.12. The number of primary amides is 1. The smallest absolute Gasteiger partial charge is 0.236 e. The van der Waals surface area contributed by atoms with Crippen molar-refractivity contribution in [2.75, 3.05) is 33.5 Å². The summed E-state index contributed by atoms with van der Waals surface area (Å²) in [5, 5.41) is 2.94. The highest BCUT2D eigenvalue weighted by molar-refractivity contribution is 5.79. The van der Waals surface area contributed by atoms with E-state index < -0.39 is 0 Å². The summed E-state index contributed by atoms with van der Waals surface area (Å²) in [5.41, 5.74) is 5.16. The number of hydrogen-bond donors (Lipinski definition) is 2. The highest BCUT2D eigenvalue weighted by Crippen LogP contribution is 1.88. The molecule has 0 aliphatic rings. The van der Waals surface area contributed by atoms with Gasteiger partial charge in [-0.1, -0.05) is 6.92 Å². The topological polar surface area (TPSA) is 73.6 Å². The number of rotatable bonds is 9.